The smallest absolute Gasteiger partial charge is 0.264 e. The van der Waals surface area contributed by atoms with Gasteiger partial charge >= 0.3 is 0 Å². The molecule has 0 saturated heterocycles. The van der Waals surface area contributed by atoms with Crippen LogP contribution in [0.5, 0.6) is 0 Å². The molecule has 0 spiro atoms. The van der Waals surface area contributed by atoms with Crippen LogP contribution in [0.25, 0.3) is 0 Å². The van der Waals surface area contributed by atoms with E-state index in [1.165, 1.54) is 80.5 Å². The largest absolute Gasteiger partial charge is 0.325 e. The first-order chi connectivity index (χ1) is 18.2. The molecule has 4 aliphatic carbocycles. The summed E-state index contributed by atoms with van der Waals surface area (Å²) in [5.74, 6) is 1.62. The normalized spacial score (nSPS) is 25.8. The van der Waals surface area contributed by atoms with E-state index < -0.39 is 28.3 Å². The highest BCUT2D eigenvalue weighted by atomic mass is 32.2. The van der Waals surface area contributed by atoms with Crippen molar-refractivity contribution in [3.8, 4) is 0 Å². The molecule has 1 amide bonds. The van der Waals surface area contributed by atoms with Crippen molar-refractivity contribution in [2.45, 2.75) is 55.8 Å². The molecule has 0 radical (unpaired) electrons. The zero-order chi connectivity index (χ0) is 26.5. The van der Waals surface area contributed by atoms with Gasteiger partial charge in [0, 0.05) is 5.69 Å². The van der Waals surface area contributed by atoms with Crippen LogP contribution >= 0.6 is 0 Å². The van der Waals surface area contributed by atoms with Crippen molar-refractivity contribution >= 4 is 27.3 Å². The van der Waals surface area contributed by atoms with Gasteiger partial charge in [0.1, 0.15) is 12.4 Å². The molecule has 3 aromatic rings. The standard InChI is InChI=1S/C31H33FN2O3S/c1-21-2-12-29(13-3-21)38(36,37)34(28-10-6-26(32)7-11-28)20-30(35)33-27-8-4-25(5-9-27)31-17-22-14-23(18-31)16-24(15-22)19-31/h2-13,22-24H,14-20H2,1H3,(H,33,35). The summed E-state index contributed by atoms with van der Waals surface area (Å²) in [5.41, 5.74) is 3.42. The van der Waals surface area contributed by atoms with E-state index in [4.69, 9.17) is 0 Å². The van der Waals surface area contributed by atoms with Crippen molar-refractivity contribution in [3.63, 3.8) is 0 Å². The first kappa shape index (κ1) is 25.1. The molecule has 4 saturated carbocycles. The number of carbonyl (C=O) groups is 1. The molecule has 0 aromatic heterocycles. The number of carbonyl (C=O) groups excluding carboxylic acids is 1. The molecule has 5 nitrogen and oxygen atoms in total. The van der Waals surface area contributed by atoms with Gasteiger partial charge in [-0.2, -0.15) is 0 Å². The Kier molecular flexibility index (Phi) is 6.29. The second kappa shape index (κ2) is 9.53. The summed E-state index contributed by atoms with van der Waals surface area (Å²) in [6, 6.07) is 19.7. The van der Waals surface area contributed by atoms with E-state index in [1.807, 2.05) is 19.1 Å². The summed E-state index contributed by atoms with van der Waals surface area (Å²) in [6.45, 7) is 1.44. The maximum absolute atomic E-state index is 13.6. The van der Waals surface area contributed by atoms with Crippen LogP contribution in [0, 0.1) is 30.5 Å². The second-order valence-electron chi connectivity index (χ2n) is 11.6. The van der Waals surface area contributed by atoms with Gasteiger partial charge in [-0.25, -0.2) is 12.8 Å². The number of amides is 1. The van der Waals surface area contributed by atoms with E-state index in [2.05, 4.69) is 17.4 Å². The quantitative estimate of drug-likeness (QED) is 0.381. The highest BCUT2D eigenvalue weighted by Crippen LogP contribution is 2.60. The van der Waals surface area contributed by atoms with Gasteiger partial charge in [-0.15, -0.1) is 0 Å². The Hall–Kier alpha value is -3.19. The van der Waals surface area contributed by atoms with Crippen molar-refractivity contribution < 1.29 is 17.6 Å². The van der Waals surface area contributed by atoms with E-state index in [1.54, 1.807) is 12.1 Å². The number of benzene rings is 3. The topological polar surface area (TPSA) is 66.5 Å². The van der Waals surface area contributed by atoms with Gasteiger partial charge in [0.15, 0.2) is 0 Å². The summed E-state index contributed by atoms with van der Waals surface area (Å²) >= 11 is 0. The van der Waals surface area contributed by atoms with Gasteiger partial charge in [-0.1, -0.05) is 29.8 Å². The molecule has 7 heteroatoms. The first-order valence-electron chi connectivity index (χ1n) is 13.5. The number of hydrogen-bond acceptors (Lipinski definition) is 3. The zero-order valence-electron chi connectivity index (χ0n) is 21.6. The van der Waals surface area contributed by atoms with E-state index >= 15 is 0 Å². The van der Waals surface area contributed by atoms with Gasteiger partial charge in [-0.3, -0.25) is 9.10 Å². The lowest BCUT2D eigenvalue weighted by Gasteiger charge is -2.57. The third-order valence-electron chi connectivity index (χ3n) is 8.83. The molecule has 198 valence electrons. The average Bonchev–Trinajstić information content (AvgIpc) is 2.88. The predicted octanol–water partition coefficient (Wildman–Crippen LogP) is 6.44. The Balaban J connectivity index is 1.20. The predicted molar refractivity (Wildman–Crippen MR) is 147 cm³/mol. The van der Waals surface area contributed by atoms with Crippen LogP contribution in [0.15, 0.2) is 77.7 Å². The Labute approximate surface area is 224 Å². The molecule has 3 aromatic carbocycles. The van der Waals surface area contributed by atoms with E-state index in [0.717, 1.165) is 27.6 Å². The van der Waals surface area contributed by atoms with E-state index in [9.17, 15) is 17.6 Å². The fourth-order valence-corrected chi connectivity index (χ4v) is 8.88. The highest BCUT2D eigenvalue weighted by molar-refractivity contribution is 7.92. The zero-order valence-corrected chi connectivity index (χ0v) is 22.4. The number of rotatable bonds is 7. The summed E-state index contributed by atoms with van der Waals surface area (Å²) in [5, 5.41) is 2.87. The lowest BCUT2D eigenvalue weighted by Crippen LogP contribution is -2.48. The molecule has 0 atom stereocenters. The fourth-order valence-electron chi connectivity index (χ4n) is 7.46. The van der Waals surface area contributed by atoms with Crippen molar-refractivity contribution in [3.05, 3.63) is 89.7 Å². The lowest BCUT2D eigenvalue weighted by atomic mass is 9.48. The minimum Gasteiger partial charge on any atom is -0.325 e. The SMILES string of the molecule is Cc1ccc(S(=O)(=O)N(CC(=O)Nc2ccc(C34CC5CC(CC(C5)C3)C4)cc2)c2ccc(F)cc2)cc1. The summed E-state index contributed by atoms with van der Waals surface area (Å²) in [6.07, 6.45) is 7.99. The lowest BCUT2D eigenvalue weighted by molar-refractivity contribution is -0.114. The molecule has 38 heavy (non-hydrogen) atoms. The summed E-state index contributed by atoms with van der Waals surface area (Å²) < 4.78 is 41.6. The monoisotopic (exact) mass is 532 g/mol. The van der Waals surface area contributed by atoms with E-state index in [0.29, 0.717) is 5.69 Å². The molecule has 4 bridgehead atoms. The number of anilines is 2. The van der Waals surface area contributed by atoms with Crippen LogP contribution in [0.1, 0.15) is 49.7 Å². The minimum atomic E-state index is -4.05. The fraction of sp³-hybridized carbons (Fsp3) is 0.387. The van der Waals surface area contributed by atoms with Crippen LogP contribution in [-0.4, -0.2) is 20.9 Å². The second-order valence-corrected chi connectivity index (χ2v) is 13.5. The Morgan fingerprint density at radius 3 is 1.97 bits per heavy atom. The number of aryl methyl sites for hydroxylation is 1. The van der Waals surface area contributed by atoms with Crippen molar-refractivity contribution in [1.29, 1.82) is 0 Å². The van der Waals surface area contributed by atoms with Crippen LogP contribution in [0.2, 0.25) is 0 Å². The molecule has 4 aliphatic rings. The van der Waals surface area contributed by atoms with Crippen molar-refractivity contribution in [1.82, 2.24) is 0 Å². The van der Waals surface area contributed by atoms with Crippen molar-refractivity contribution in [2.75, 3.05) is 16.2 Å². The molecule has 7 rings (SSSR count). The van der Waals surface area contributed by atoms with Crippen LogP contribution in [-0.2, 0) is 20.2 Å². The molecule has 0 unspecified atom stereocenters. The minimum absolute atomic E-state index is 0.0696. The Morgan fingerprint density at radius 1 is 0.868 bits per heavy atom. The molecular formula is C31H33FN2O3S. The number of nitrogens with zero attached hydrogens (tertiary/aromatic N) is 1. The van der Waals surface area contributed by atoms with Crippen LogP contribution < -0.4 is 9.62 Å². The van der Waals surface area contributed by atoms with Gasteiger partial charge in [0.05, 0.1) is 10.6 Å². The van der Waals surface area contributed by atoms with Gasteiger partial charge in [0.25, 0.3) is 10.0 Å². The number of hydrogen-bond donors (Lipinski definition) is 1. The maximum atomic E-state index is 13.6. The number of sulfonamides is 1. The van der Waals surface area contributed by atoms with Crippen LogP contribution in [0.3, 0.4) is 0 Å². The van der Waals surface area contributed by atoms with Crippen LogP contribution in [0.4, 0.5) is 15.8 Å². The van der Waals surface area contributed by atoms with E-state index in [-0.39, 0.29) is 16.0 Å². The highest BCUT2D eigenvalue weighted by Gasteiger charge is 2.51. The Morgan fingerprint density at radius 2 is 1.42 bits per heavy atom. The molecule has 4 fully saturated rings. The molecule has 0 heterocycles. The third kappa shape index (κ3) is 4.73. The molecule has 1 N–H and O–H groups in total. The average molecular weight is 533 g/mol. The summed E-state index contributed by atoms with van der Waals surface area (Å²) in [7, 11) is -4.05. The summed E-state index contributed by atoms with van der Waals surface area (Å²) in [4.78, 5) is 13.2. The number of halogens is 1. The number of nitrogens with one attached hydrogen (secondary N) is 1. The molecule has 0 aliphatic heterocycles. The maximum Gasteiger partial charge on any atom is 0.264 e. The van der Waals surface area contributed by atoms with Gasteiger partial charge in [0.2, 0.25) is 5.91 Å². The van der Waals surface area contributed by atoms with Crippen molar-refractivity contribution in [2.24, 2.45) is 17.8 Å². The van der Waals surface area contributed by atoms with Gasteiger partial charge < -0.3 is 5.32 Å². The Bertz CT molecular complexity index is 1400. The first-order valence-corrected chi connectivity index (χ1v) is 14.9. The van der Waals surface area contributed by atoms with Gasteiger partial charge in [-0.05, 0) is 123 Å². The molecular weight excluding hydrogens is 499 g/mol. The third-order valence-corrected chi connectivity index (χ3v) is 10.6.